The molecule has 0 aromatic carbocycles. The summed E-state index contributed by atoms with van der Waals surface area (Å²) in [6.45, 7) is 2.19. The number of carbonyl (C=O) groups is 1. The highest BCUT2D eigenvalue weighted by Crippen LogP contribution is 2.16. The van der Waals surface area contributed by atoms with E-state index in [0.717, 1.165) is 17.3 Å². The van der Waals surface area contributed by atoms with E-state index in [-0.39, 0.29) is 5.91 Å². The maximum Gasteiger partial charge on any atom is 0.268 e. The fraction of sp³-hybridized carbons (Fsp3) is 0.545. The van der Waals surface area contributed by atoms with Gasteiger partial charge in [0.15, 0.2) is 0 Å². The monoisotopic (exact) mass is 242 g/mol. The zero-order chi connectivity index (χ0) is 11.8. The minimum absolute atomic E-state index is 0.314. The molecule has 1 heterocycles. The molecule has 0 bridgehead atoms. The highest BCUT2D eigenvalue weighted by molar-refractivity contribution is 7.98. The molecule has 0 spiro atoms. The first-order valence-electron chi connectivity index (χ1n) is 5.44. The van der Waals surface area contributed by atoms with Gasteiger partial charge in [0.05, 0.1) is 11.3 Å². The molecule has 5 heteroatoms. The van der Waals surface area contributed by atoms with Crippen molar-refractivity contribution in [2.75, 3.05) is 5.75 Å². The van der Waals surface area contributed by atoms with E-state index in [1.54, 1.807) is 6.07 Å². The van der Waals surface area contributed by atoms with Crippen molar-refractivity contribution in [1.29, 1.82) is 0 Å². The largest absolute Gasteiger partial charge is 0.468 e. The van der Waals surface area contributed by atoms with Gasteiger partial charge in [-0.2, -0.15) is 11.8 Å². The van der Waals surface area contributed by atoms with E-state index < -0.39 is 0 Å². The van der Waals surface area contributed by atoms with E-state index in [9.17, 15) is 4.79 Å². The van der Waals surface area contributed by atoms with Crippen LogP contribution in [0.4, 0.5) is 0 Å². The van der Waals surface area contributed by atoms with Crippen LogP contribution in [0.1, 0.15) is 42.3 Å². The molecule has 0 saturated carbocycles. The average molecular weight is 242 g/mol. The summed E-state index contributed by atoms with van der Waals surface area (Å²) in [4.78, 5) is 11.1. The van der Waals surface area contributed by atoms with Crippen LogP contribution >= 0.6 is 11.8 Å². The Morgan fingerprint density at radius 3 is 3.06 bits per heavy atom. The average Bonchev–Trinajstić information content (AvgIpc) is 2.76. The molecular weight excluding hydrogens is 224 g/mol. The second-order valence-corrected chi connectivity index (χ2v) is 4.64. The molecule has 0 atom stereocenters. The third kappa shape index (κ3) is 4.28. The SMILES string of the molecule is CCCCCSCc1cc(C(=O)NN)co1. The normalized spacial score (nSPS) is 10.4. The Kier molecular flexibility index (Phi) is 6.03. The first kappa shape index (κ1) is 13.1. The molecule has 16 heavy (non-hydrogen) atoms. The molecule has 90 valence electrons. The third-order valence-corrected chi connectivity index (χ3v) is 3.25. The first-order valence-corrected chi connectivity index (χ1v) is 6.59. The number of nitrogens with two attached hydrogens (primary N) is 1. The van der Waals surface area contributed by atoms with Crippen LogP contribution in [0.2, 0.25) is 0 Å². The number of amides is 1. The molecule has 4 nitrogen and oxygen atoms in total. The molecule has 0 aliphatic heterocycles. The van der Waals surface area contributed by atoms with E-state index in [2.05, 4.69) is 12.3 Å². The van der Waals surface area contributed by atoms with E-state index >= 15 is 0 Å². The van der Waals surface area contributed by atoms with E-state index in [1.807, 2.05) is 11.8 Å². The van der Waals surface area contributed by atoms with Crippen molar-refractivity contribution in [2.45, 2.75) is 31.9 Å². The van der Waals surface area contributed by atoms with Gasteiger partial charge in [-0.25, -0.2) is 5.84 Å². The van der Waals surface area contributed by atoms with Crippen LogP contribution in [0.5, 0.6) is 0 Å². The minimum Gasteiger partial charge on any atom is -0.468 e. The molecule has 1 aromatic heterocycles. The Balaban J connectivity index is 2.27. The maximum atomic E-state index is 11.1. The lowest BCUT2D eigenvalue weighted by atomic mass is 10.3. The Morgan fingerprint density at radius 2 is 2.38 bits per heavy atom. The lowest BCUT2D eigenvalue weighted by Gasteiger charge is -1.97. The molecular formula is C11H18N2O2S. The van der Waals surface area contributed by atoms with Crippen molar-refractivity contribution in [3.8, 4) is 0 Å². The number of carbonyl (C=O) groups excluding carboxylic acids is 1. The number of furan rings is 1. The lowest BCUT2D eigenvalue weighted by molar-refractivity contribution is 0.0953. The third-order valence-electron chi connectivity index (χ3n) is 2.18. The van der Waals surface area contributed by atoms with Crippen LogP contribution in [0.25, 0.3) is 0 Å². The highest BCUT2D eigenvalue weighted by atomic mass is 32.2. The zero-order valence-electron chi connectivity index (χ0n) is 9.49. The predicted octanol–water partition coefficient (Wildman–Crippen LogP) is 2.31. The smallest absolute Gasteiger partial charge is 0.268 e. The van der Waals surface area contributed by atoms with Crippen LogP contribution in [0, 0.1) is 0 Å². The summed E-state index contributed by atoms with van der Waals surface area (Å²) in [5, 5.41) is 0. The summed E-state index contributed by atoms with van der Waals surface area (Å²) in [6.07, 6.45) is 5.18. The summed E-state index contributed by atoms with van der Waals surface area (Å²) in [7, 11) is 0. The first-order chi connectivity index (χ1) is 7.77. The number of thioether (sulfide) groups is 1. The number of nitrogen functional groups attached to an aromatic ring is 1. The van der Waals surface area contributed by atoms with Crippen molar-refractivity contribution in [2.24, 2.45) is 5.84 Å². The van der Waals surface area contributed by atoms with Gasteiger partial charge in [-0.05, 0) is 18.2 Å². The molecule has 0 aliphatic rings. The number of hydrazine groups is 1. The maximum absolute atomic E-state index is 11.1. The number of hydrogen-bond acceptors (Lipinski definition) is 4. The van der Waals surface area contributed by atoms with Crippen LogP contribution in [0.15, 0.2) is 16.7 Å². The molecule has 0 unspecified atom stereocenters. The van der Waals surface area contributed by atoms with Crippen molar-refractivity contribution < 1.29 is 9.21 Å². The number of unbranched alkanes of at least 4 members (excludes halogenated alkanes) is 2. The topological polar surface area (TPSA) is 68.3 Å². The fourth-order valence-corrected chi connectivity index (χ4v) is 2.19. The number of nitrogens with one attached hydrogen (secondary N) is 1. The summed E-state index contributed by atoms with van der Waals surface area (Å²) in [5.41, 5.74) is 2.55. The number of rotatable bonds is 7. The quantitative estimate of drug-likeness (QED) is 0.333. The standard InChI is InChI=1S/C11H18N2O2S/c1-2-3-4-5-16-8-10-6-9(7-15-10)11(14)13-12/h6-7H,2-5,8,12H2,1H3,(H,13,14). The van der Waals surface area contributed by atoms with Gasteiger partial charge in [-0.1, -0.05) is 19.8 Å². The van der Waals surface area contributed by atoms with Gasteiger partial charge in [-0.3, -0.25) is 10.2 Å². The summed E-state index contributed by atoms with van der Waals surface area (Å²) in [5.74, 6) is 7.47. The van der Waals surface area contributed by atoms with Gasteiger partial charge in [-0.15, -0.1) is 0 Å². The Labute approximate surface area is 99.9 Å². The second kappa shape index (κ2) is 7.35. The molecule has 1 amide bonds. The molecule has 0 radical (unpaired) electrons. The van der Waals surface area contributed by atoms with E-state index in [4.69, 9.17) is 10.3 Å². The highest BCUT2D eigenvalue weighted by Gasteiger charge is 2.08. The van der Waals surface area contributed by atoms with Gasteiger partial charge in [0.1, 0.15) is 12.0 Å². The molecule has 3 N–H and O–H groups in total. The van der Waals surface area contributed by atoms with Gasteiger partial charge in [0, 0.05) is 0 Å². The minimum atomic E-state index is -0.314. The second-order valence-electron chi connectivity index (χ2n) is 3.53. The zero-order valence-corrected chi connectivity index (χ0v) is 10.3. The molecule has 0 aliphatic carbocycles. The molecule has 1 rings (SSSR count). The fourth-order valence-electron chi connectivity index (χ4n) is 1.29. The summed E-state index contributed by atoms with van der Waals surface area (Å²) >= 11 is 1.82. The molecule has 1 aromatic rings. The van der Waals surface area contributed by atoms with Crippen molar-refractivity contribution in [3.63, 3.8) is 0 Å². The molecule has 0 fully saturated rings. The predicted molar refractivity (Wildman–Crippen MR) is 66.0 cm³/mol. The Hall–Kier alpha value is -0.940. The van der Waals surface area contributed by atoms with Gasteiger partial charge >= 0.3 is 0 Å². The summed E-state index contributed by atoms with van der Waals surface area (Å²) in [6, 6.07) is 1.73. The van der Waals surface area contributed by atoms with Crippen LogP contribution in [-0.4, -0.2) is 11.7 Å². The van der Waals surface area contributed by atoms with Crippen LogP contribution in [-0.2, 0) is 5.75 Å². The van der Waals surface area contributed by atoms with Crippen LogP contribution < -0.4 is 11.3 Å². The lowest BCUT2D eigenvalue weighted by Crippen LogP contribution is -2.29. The van der Waals surface area contributed by atoms with Crippen molar-refractivity contribution in [1.82, 2.24) is 5.43 Å². The number of hydrogen-bond donors (Lipinski definition) is 2. The Bertz CT molecular complexity index is 326. The molecule has 0 saturated heterocycles. The van der Waals surface area contributed by atoms with E-state index in [1.165, 1.54) is 25.5 Å². The van der Waals surface area contributed by atoms with Crippen LogP contribution in [0.3, 0.4) is 0 Å². The Morgan fingerprint density at radius 1 is 1.56 bits per heavy atom. The van der Waals surface area contributed by atoms with Crippen molar-refractivity contribution >= 4 is 17.7 Å². The van der Waals surface area contributed by atoms with Gasteiger partial charge in [0.25, 0.3) is 5.91 Å². The van der Waals surface area contributed by atoms with Gasteiger partial charge in [0.2, 0.25) is 0 Å². The van der Waals surface area contributed by atoms with E-state index in [0.29, 0.717) is 5.56 Å². The van der Waals surface area contributed by atoms with Gasteiger partial charge < -0.3 is 4.42 Å². The van der Waals surface area contributed by atoms with Crippen molar-refractivity contribution in [3.05, 3.63) is 23.7 Å². The summed E-state index contributed by atoms with van der Waals surface area (Å²) < 4.78 is 5.26.